The third kappa shape index (κ3) is 5.14. The molecule has 0 spiro atoms. The molecular weight excluding hydrogens is 204 g/mol. The Labute approximate surface area is 98.2 Å². The molecule has 0 aromatic carbocycles. The molecule has 2 amide bonds. The summed E-state index contributed by atoms with van der Waals surface area (Å²) in [5.41, 5.74) is 0. The van der Waals surface area contributed by atoms with Gasteiger partial charge in [-0.15, -0.1) is 0 Å². The number of hydrogen-bond acceptors (Lipinski definition) is 2. The lowest BCUT2D eigenvalue weighted by atomic mass is 9.94. The van der Waals surface area contributed by atoms with Gasteiger partial charge in [0, 0.05) is 24.9 Å². The predicted molar refractivity (Wildman–Crippen MR) is 64.9 cm³/mol. The largest absolute Gasteiger partial charge is 0.356 e. The monoisotopic (exact) mass is 228 g/mol. The minimum Gasteiger partial charge on any atom is -0.356 e. The molecule has 0 heterocycles. The molecule has 0 aliphatic heterocycles. The molecule has 0 aliphatic rings. The summed E-state index contributed by atoms with van der Waals surface area (Å²) >= 11 is 0. The number of hydrogen-bond donors (Lipinski definition) is 2. The first-order valence-electron chi connectivity index (χ1n) is 6.09. The maximum Gasteiger partial charge on any atom is 0.223 e. The van der Waals surface area contributed by atoms with E-state index in [1.54, 1.807) is 13.8 Å². The van der Waals surface area contributed by atoms with Crippen LogP contribution in [0.15, 0.2) is 0 Å². The first-order chi connectivity index (χ1) is 7.54. The van der Waals surface area contributed by atoms with Crippen molar-refractivity contribution in [3.63, 3.8) is 0 Å². The lowest BCUT2D eigenvalue weighted by molar-refractivity contribution is -0.133. The molecular formula is C12H24N2O2. The lowest BCUT2D eigenvalue weighted by Gasteiger charge is -2.18. The van der Waals surface area contributed by atoms with Crippen molar-refractivity contribution in [2.24, 2.45) is 11.8 Å². The Balaban J connectivity index is 4.09. The standard InChI is InChI=1S/C12H24N2O2/c1-5-7-13-11(15)9(3)10(4)12(16)14-8-6-2/h9-10H,5-8H2,1-4H3,(H,13,15)(H,14,16). The van der Waals surface area contributed by atoms with Gasteiger partial charge in [-0.1, -0.05) is 27.7 Å². The molecule has 0 radical (unpaired) electrons. The summed E-state index contributed by atoms with van der Waals surface area (Å²) in [6.07, 6.45) is 1.82. The van der Waals surface area contributed by atoms with E-state index in [4.69, 9.17) is 0 Å². The topological polar surface area (TPSA) is 58.2 Å². The third-order valence-corrected chi connectivity index (χ3v) is 2.68. The van der Waals surface area contributed by atoms with E-state index in [1.165, 1.54) is 0 Å². The Hall–Kier alpha value is -1.06. The minimum absolute atomic E-state index is 0.0407. The highest BCUT2D eigenvalue weighted by atomic mass is 16.2. The zero-order chi connectivity index (χ0) is 12.6. The van der Waals surface area contributed by atoms with Crippen molar-refractivity contribution in [1.82, 2.24) is 10.6 Å². The van der Waals surface area contributed by atoms with Crippen LogP contribution >= 0.6 is 0 Å². The van der Waals surface area contributed by atoms with E-state index in [0.717, 1.165) is 12.8 Å². The molecule has 0 fully saturated rings. The fourth-order valence-electron chi connectivity index (χ4n) is 1.27. The van der Waals surface area contributed by atoms with Crippen molar-refractivity contribution in [2.75, 3.05) is 13.1 Å². The van der Waals surface area contributed by atoms with Crippen LogP contribution in [0.2, 0.25) is 0 Å². The van der Waals surface area contributed by atoms with Crippen LogP contribution < -0.4 is 10.6 Å². The second-order valence-corrected chi connectivity index (χ2v) is 4.16. The van der Waals surface area contributed by atoms with Crippen molar-refractivity contribution < 1.29 is 9.59 Å². The Morgan fingerprint density at radius 1 is 0.875 bits per heavy atom. The molecule has 0 rings (SSSR count). The maximum atomic E-state index is 11.6. The van der Waals surface area contributed by atoms with Gasteiger partial charge in [0.25, 0.3) is 0 Å². The number of carbonyl (C=O) groups excluding carboxylic acids is 2. The number of rotatable bonds is 7. The molecule has 2 unspecified atom stereocenters. The van der Waals surface area contributed by atoms with Gasteiger partial charge in [-0.05, 0) is 12.8 Å². The fourth-order valence-corrected chi connectivity index (χ4v) is 1.27. The van der Waals surface area contributed by atoms with Crippen LogP contribution in [-0.2, 0) is 9.59 Å². The van der Waals surface area contributed by atoms with E-state index in [2.05, 4.69) is 10.6 Å². The number of nitrogens with one attached hydrogen (secondary N) is 2. The van der Waals surface area contributed by atoms with E-state index < -0.39 is 0 Å². The summed E-state index contributed by atoms with van der Waals surface area (Å²) in [6, 6.07) is 0. The summed E-state index contributed by atoms with van der Waals surface area (Å²) < 4.78 is 0. The highest BCUT2D eigenvalue weighted by molar-refractivity contribution is 5.87. The molecule has 94 valence electrons. The number of amides is 2. The van der Waals surface area contributed by atoms with Crippen molar-refractivity contribution in [2.45, 2.75) is 40.5 Å². The number of carbonyl (C=O) groups is 2. The summed E-state index contributed by atoms with van der Waals surface area (Å²) in [5, 5.41) is 5.61. The van der Waals surface area contributed by atoms with Crippen LogP contribution in [0.1, 0.15) is 40.5 Å². The zero-order valence-corrected chi connectivity index (χ0v) is 10.8. The van der Waals surface area contributed by atoms with Crippen molar-refractivity contribution in [1.29, 1.82) is 0 Å². The molecule has 4 heteroatoms. The molecule has 0 saturated carbocycles. The van der Waals surface area contributed by atoms with E-state index in [0.29, 0.717) is 13.1 Å². The van der Waals surface area contributed by atoms with Gasteiger partial charge < -0.3 is 10.6 Å². The van der Waals surface area contributed by atoms with Crippen LogP contribution in [-0.4, -0.2) is 24.9 Å². The van der Waals surface area contributed by atoms with Gasteiger partial charge >= 0.3 is 0 Å². The smallest absolute Gasteiger partial charge is 0.223 e. The summed E-state index contributed by atoms with van der Waals surface area (Å²) in [6.45, 7) is 8.94. The van der Waals surface area contributed by atoms with Crippen LogP contribution in [0.25, 0.3) is 0 Å². The SMILES string of the molecule is CCCNC(=O)C(C)C(C)C(=O)NCCC. The van der Waals surface area contributed by atoms with Gasteiger partial charge in [0.15, 0.2) is 0 Å². The molecule has 0 saturated heterocycles. The highest BCUT2D eigenvalue weighted by Gasteiger charge is 2.25. The van der Waals surface area contributed by atoms with Gasteiger partial charge in [0.1, 0.15) is 0 Å². The van der Waals surface area contributed by atoms with Gasteiger partial charge in [0.05, 0.1) is 0 Å². The first kappa shape index (κ1) is 14.9. The second-order valence-electron chi connectivity index (χ2n) is 4.16. The van der Waals surface area contributed by atoms with Gasteiger partial charge in [0.2, 0.25) is 11.8 Å². The molecule has 2 N–H and O–H groups in total. The first-order valence-corrected chi connectivity index (χ1v) is 6.09. The molecule has 0 aromatic heterocycles. The van der Waals surface area contributed by atoms with Gasteiger partial charge in [-0.25, -0.2) is 0 Å². The predicted octanol–water partition coefficient (Wildman–Crippen LogP) is 1.31. The van der Waals surface area contributed by atoms with Crippen molar-refractivity contribution >= 4 is 11.8 Å². The summed E-state index contributed by atoms with van der Waals surface area (Å²) in [7, 11) is 0. The molecule has 2 atom stereocenters. The summed E-state index contributed by atoms with van der Waals surface area (Å²) in [5.74, 6) is -0.631. The van der Waals surface area contributed by atoms with E-state index in [9.17, 15) is 9.59 Å². The third-order valence-electron chi connectivity index (χ3n) is 2.68. The van der Waals surface area contributed by atoms with Crippen LogP contribution in [0.4, 0.5) is 0 Å². The Kier molecular flexibility index (Phi) is 7.60. The van der Waals surface area contributed by atoms with E-state index >= 15 is 0 Å². The quantitative estimate of drug-likeness (QED) is 0.690. The normalized spacial score (nSPS) is 14.0. The molecule has 0 aromatic rings. The van der Waals surface area contributed by atoms with Crippen LogP contribution in [0.5, 0.6) is 0 Å². The maximum absolute atomic E-state index is 11.6. The Bertz CT molecular complexity index is 205. The van der Waals surface area contributed by atoms with Gasteiger partial charge in [-0.3, -0.25) is 9.59 Å². The average Bonchev–Trinajstić information content (AvgIpc) is 2.30. The van der Waals surface area contributed by atoms with E-state index in [-0.39, 0.29) is 23.7 Å². The Morgan fingerprint density at radius 3 is 1.44 bits per heavy atom. The van der Waals surface area contributed by atoms with Gasteiger partial charge in [-0.2, -0.15) is 0 Å². The highest BCUT2D eigenvalue weighted by Crippen LogP contribution is 2.11. The second kappa shape index (κ2) is 8.13. The molecule has 16 heavy (non-hydrogen) atoms. The van der Waals surface area contributed by atoms with E-state index in [1.807, 2.05) is 13.8 Å². The Morgan fingerprint density at radius 2 is 1.19 bits per heavy atom. The minimum atomic E-state index is -0.275. The molecule has 0 aliphatic carbocycles. The van der Waals surface area contributed by atoms with Crippen molar-refractivity contribution in [3.05, 3.63) is 0 Å². The van der Waals surface area contributed by atoms with Crippen LogP contribution in [0.3, 0.4) is 0 Å². The van der Waals surface area contributed by atoms with Crippen LogP contribution in [0, 0.1) is 11.8 Å². The lowest BCUT2D eigenvalue weighted by Crippen LogP contribution is -2.40. The average molecular weight is 228 g/mol. The fraction of sp³-hybridized carbons (Fsp3) is 0.833. The molecule has 4 nitrogen and oxygen atoms in total. The molecule has 0 bridgehead atoms. The zero-order valence-electron chi connectivity index (χ0n) is 10.8. The van der Waals surface area contributed by atoms with Crippen molar-refractivity contribution in [3.8, 4) is 0 Å². The summed E-state index contributed by atoms with van der Waals surface area (Å²) in [4.78, 5) is 23.3.